The van der Waals surface area contributed by atoms with Gasteiger partial charge in [-0.25, -0.2) is 0 Å². The van der Waals surface area contributed by atoms with Crippen LogP contribution in [-0.4, -0.2) is 5.11 Å². The molecule has 0 bridgehead atoms. The van der Waals surface area contributed by atoms with Crippen LogP contribution in [0.1, 0.15) is 0 Å². The van der Waals surface area contributed by atoms with Gasteiger partial charge in [0.15, 0.2) is 0 Å². The van der Waals surface area contributed by atoms with Gasteiger partial charge in [-0.2, -0.15) is 0 Å². The molecule has 0 aliphatic heterocycles. The van der Waals surface area contributed by atoms with Crippen molar-refractivity contribution in [1.29, 1.82) is 0 Å². The fourth-order valence-electron chi connectivity index (χ4n) is 0.0925. The molecule has 0 aliphatic rings. The van der Waals surface area contributed by atoms with Crippen molar-refractivity contribution in [3.63, 3.8) is 0 Å². The smallest absolute Gasteiger partial charge is 0.0950 e. The van der Waals surface area contributed by atoms with Gasteiger partial charge in [0.05, 0.1) is 5.76 Å². The molecular weight excluding hydrogens is 94.1 g/mol. The normalized spacial score (nSPS) is 10.1. The Bertz CT molecular complexity index is 118. The lowest BCUT2D eigenvalue weighted by molar-refractivity contribution is 0.429. The maximum absolute atomic E-state index is 8.17. The monoisotopic (exact) mass is 98.0 g/mol. The quantitative estimate of drug-likeness (QED) is 0.230. The number of allylic oxidation sites excluding steroid dienone is 1. The number of rotatable bonds is 1. The van der Waals surface area contributed by atoms with E-state index in [-0.39, 0.29) is 5.76 Å². The second-order valence-electron chi connectivity index (χ2n) is 0.825. The van der Waals surface area contributed by atoms with Crippen molar-refractivity contribution < 1.29 is 5.11 Å². The van der Waals surface area contributed by atoms with Crippen LogP contribution in [0, 0.1) is 6.92 Å². The molecule has 0 rings (SSSR count). The minimum atomic E-state index is -0.238. The summed E-state index contributed by atoms with van der Waals surface area (Å²) in [6, 6.07) is 0. The van der Waals surface area contributed by atoms with Crippen LogP contribution in [-0.2, 0) is 0 Å². The van der Waals surface area contributed by atoms with Crippen LogP contribution in [0.25, 0.3) is 10.4 Å². The largest absolute Gasteiger partial charge is 0.512 e. The fraction of sp³-hybridized carbons (Fsp3) is 0. The van der Waals surface area contributed by atoms with Crippen molar-refractivity contribution in [3.05, 3.63) is 29.3 Å². The van der Waals surface area contributed by atoms with Gasteiger partial charge in [-0.15, -0.1) is 0 Å². The number of nitrogens with zero attached hydrogens (tertiary/aromatic N) is 3. The van der Waals surface area contributed by atoms with Gasteiger partial charge >= 0.3 is 0 Å². The van der Waals surface area contributed by atoms with Gasteiger partial charge in [-0.1, -0.05) is 5.11 Å². The molecule has 4 heteroatoms. The molecule has 0 spiro atoms. The van der Waals surface area contributed by atoms with Crippen molar-refractivity contribution in [2.75, 3.05) is 0 Å². The minimum absolute atomic E-state index is 0.238. The third kappa shape index (κ3) is 4.85. The summed E-state index contributed by atoms with van der Waals surface area (Å²) in [6.45, 7) is 3.03. The predicted octanol–water partition coefficient (Wildman–Crippen LogP) is 1.53. The summed E-state index contributed by atoms with van der Waals surface area (Å²) in [5.74, 6) is -0.238. The summed E-state index contributed by atoms with van der Waals surface area (Å²) in [5, 5.41) is 11.0. The highest BCUT2D eigenvalue weighted by molar-refractivity contribution is 4.91. The zero-order valence-electron chi connectivity index (χ0n) is 3.57. The minimum Gasteiger partial charge on any atom is -0.512 e. The maximum Gasteiger partial charge on any atom is 0.0950 e. The van der Waals surface area contributed by atoms with Gasteiger partial charge in [0, 0.05) is 18.0 Å². The Kier molecular flexibility index (Phi) is 2.55. The first-order valence-corrected chi connectivity index (χ1v) is 1.52. The lowest BCUT2D eigenvalue weighted by Gasteiger charge is -1.75. The third-order valence-electron chi connectivity index (χ3n) is 0.258. The summed E-state index contributed by atoms with van der Waals surface area (Å²) < 4.78 is 0. The van der Waals surface area contributed by atoms with Crippen LogP contribution in [0.2, 0.25) is 0 Å². The highest BCUT2D eigenvalue weighted by Gasteiger charge is 1.69. The van der Waals surface area contributed by atoms with Crippen molar-refractivity contribution in [2.45, 2.75) is 0 Å². The molecule has 1 N–H and O–H groups in total. The van der Waals surface area contributed by atoms with Crippen LogP contribution in [0.5, 0.6) is 0 Å². The summed E-state index contributed by atoms with van der Waals surface area (Å²) in [7, 11) is 0. The molecule has 0 saturated heterocycles. The number of hydrogen-bond acceptors (Lipinski definition) is 2. The van der Waals surface area contributed by atoms with E-state index in [0.29, 0.717) is 0 Å². The molecule has 0 unspecified atom stereocenters. The molecule has 0 aliphatic carbocycles. The first kappa shape index (κ1) is 5.85. The molecular formula is C3H4N3O. The Morgan fingerprint density at radius 1 is 2.00 bits per heavy atom. The van der Waals surface area contributed by atoms with Gasteiger partial charge in [-0.3, -0.25) is 0 Å². The van der Waals surface area contributed by atoms with Crippen LogP contribution < -0.4 is 0 Å². The highest BCUT2D eigenvalue weighted by atomic mass is 16.3. The SMILES string of the molecule is [CH2]/C(O)=C/N=[N+]=[N-]. The maximum atomic E-state index is 8.17. The molecule has 4 nitrogen and oxygen atoms in total. The van der Waals surface area contributed by atoms with E-state index in [1.165, 1.54) is 0 Å². The summed E-state index contributed by atoms with van der Waals surface area (Å²) in [6.07, 6.45) is 0.917. The van der Waals surface area contributed by atoms with E-state index in [1.54, 1.807) is 0 Å². The Morgan fingerprint density at radius 2 is 2.57 bits per heavy atom. The molecule has 1 radical (unpaired) electrons. The molecule has 0 fully saturated rings. The van der Waals surface area contributed by atoms with Gasteiger partial charge < -0.3 is 5.11 Å². The van der Waals surface area contributed by atoms with E-state index in [0.717, 1.165) is 6.20 Å². The first-order valence-electron chi connectivity index (χ1n) is 1.52. The Hall–Kier alpha value is -1.15. The predicted molar refractivity (Wildman–Crippen MR) is 25.2 cm³/mol. The standard InChI is InChI=1S/C3H4N3O/c1-3(7)2-5-6-4/h2,7H,1H2/b3-2-. The van der Waals surface area contributed by atoms with Crippen molar-refractivity contribution >= 4 is 0 Å². The summed E-state index contributed by atoms with van der Waals surface area (Å²) in [4.78, 5) is 2.32. The zero-order valence-corrected chi connectivity index (χ0v) is 3.57. The Labute approximate surface area is 40.7 Å². The highest BCUT2D eigenvalue weighted by Crippen LogP contribution is 1.81. The van der Waals surface area contributed by atoms with Crippen molar-refractivity contribution in [1.82, 2.24) is 0 Å². The molecule has 37 valence electrons. The van der Waals surface area contributed by atoms with Crippen molar-refractivity contribution in [2.24, 2.45) is 5.11 Å². The van der Waals surface area contributed by atoms with Crippen LogP contribution in [0.4, 0.5) is 0 Å². The molecule has 0 amide bonds. The number of aliphatic hydroxyl groups excluding tert-OH is 1. The van der Waals surface area contributed by atoms with Crippen molar-refractivity contribution in [3.8, 4) is 0 Å². The zero-order chi connectivity index (χ0) is 5.70. The molecule has 0 aromatic heterocycles. The molecule has 0 aromatic carbocycles. The molecule has 0 aromatic rings. The second kappa shape index (κ2) is 3.06. The number of hydrogen-bond donors (Lipinski definition) is 1. The molecule has 0 atom stereocenters. The Morgan fingerprint density at radius 3 is 2.71 bits per heavy atom. The summed E-state index contributed by atoms with van der Waals surface area (Å²) >= 11 is 0. The van der Waals surface area contributed by atoms with Crippen LogP contribution in [0.15, 0.2) is 17.1 Å². The first-order chi connectivity index (χ1) is 3.27. The van der Waals surface area contributed by atoms with Gasteiger partial charge in [-0.05, 0) is 5.53 Å². The topological polar surface area (TPSA) is 69.0 Å². The molecule has 0 heterocycles. The number of azide groups is 1. The van der Waals surface area contributed by atoms with Gasteiger partial charge in [0.25, 0.3) is 0 Å². The lowest BCUT2D eigenvalue weighted by Crippen LogP contribution is -1.63. The third-order valence-corrected chi connectivity index (χ3v) is 0.258. The molecule has 0 saturated carbocycles. The average Bonchev–Trinajstić information content (AvgIpc) is 1.61. The average molecular weight is 98.1 g/mol. The van der Waals surface area contributed by atoms with E-state index in [1.807, 2.05) is 0 Å². The number of aliphatic hydroxyl groups is 1. The second-order valence-corrected chi connectivity index (χ2v) is 0.825. The van der Waals surface area contributed by atoms with Gasteiger partial charge in [0.1, 0.15) is 0 Å². The van der Waals surface area contributed by atoms with E-state index in [9.17, 15) is 0 Å². The van der Waals surface area contributed by atoms with E-state index >= 15 is 0 Å². The fourth-order valence-corrected chi connectivity index (χ4v) is 0.0925. The van der Waals surface area contributed by atoms with Crippen LogP contribution in [0.3, 0.4) is 0 Å². The molecule has 7 heavy (non-hydrogen) atoms. The Balaban J connectivity index is 3.69. The van der Waals surface area contributed by atoms with E-state index in [4.69, 9.17) is 10.6 Å². The lowest BCUT2D eigenvalue weighted by atomic mass is 10.6. The van der Waals surface area contributed by atoms with E-state index < -0.39 is 0 Å². The van der Waals surface area contributed by atoms with Crippen LogP contribution >= 0.6 is 0 Å². The van der Waals surface area contributed by atoms with E-state index in [2.05, 4.69) is 16.9 Å². The summed E-state index contributed by atoms with van der Waals surface area (Å²) in [5.41, 5.74) is 7.59. The van der Waals surface area contributed by atoms with Gasteiger partial charge in [0.2, 0.25) is 0 Å².